The summed E-state index contributed by atoms with van der Waals surface area (Å²) in [5, 5.41) is 3.73. The van der Waals surface area contributed by atoms with E-state index in [1.54, 1.807) is 0 Å². The van der Waals surface area contributed by atoms with E-state index in [1.165, 1.54) is 44.1 Å². The zero-order chi connectivity index (χ0) is 22.1. The maximum absolute atomic E-state index is 13.0. The first-order valence-corrected chi connectivity index (χ1v) is 10.9. The molecule has 0 atom stereocenters. The highest BCUT2D eigenvalue weighted by Gasteiger charge is 2.18. The monoisotopic (exact) mass is 417 g/mol. The SMILES string of the molecule is Cc1cc(C)c2c(c1)c1cc(C)cc(C)c1n2-c1ccc2c(=O)c3ccccc3oc2c1. The minimum Gasteiger partial charge on any atom is -0.456 e. The van der Waals surface area contributed by atoms with Gasteiger partial charge in [0.25, 0.3) is 0 Å². The van der Waals surface area contributed by atoms with Crippen LogP contribution in [0.4, 0.5) is 0 Å². The number of hydrogen-bond donors (Lipinski definition) is 0. The fourth-order valence-corrected chi connectivity index (χ4v) is 5.22. The number of aryl methyl sites for hydroxylation is 4. The molecule has 0 saturated carbocycles. The molecule has 0 aliphatic carbocycles. The average Bonchev–Trinajstić information content (AvgIpc) is 3.08. The third-order valence-corrected chi connectivity index (χ3v) is 6.45. The zero-order valence-electron chi connectivity index (χ0n) is 18.6. The van der Waals surface area contributed by atoms with Crippen molar-refractivity contribution >= 4 is 43.7 Å². The maximum atomic E-state index is 13.0. The van der Waals surface area contributed by atoms with Gasteiger partial charge in [0.1, 0.15) is 11.2 Å². The first kappa shape index (κ1) is 18.9. The third kappa shape index (κ3) is 2.57. The van der Waals surface area contributed by atoms with Crippen molar-refractivity contribution in [2.24, 2.45) is 0 Å². The van der Waals surface area contributed by atoms with E-state index in [-0.39, 0.29) is 5.43 Å². The van der Waals surface area contributed by atoms with Crippen LogP contribution >= 0.6 is 0 Å². The minimum atomic E-state index is 0.00855. The van der Waals surface area contributed by atoms with Crippen molar-refractivity contribution < 1.29 is 4.42 Å². The van der Waals surface area contributed by atoms with Crippen LogP contribution in [0.5, 0.6) is 0 Å². The van der Waals surface area contributed by atoms with Crippen molar-refractivity contribution in [1.82, 2.24) is 4.57 Å². The molecule has 0 radical (unpaired) electrons. The summed E-state index contributed by atoms with van der Waals surface area (Å²) in [5.41, 5.74) is 9.58. The smallest absolute Gasteiger partial charge is 0.200 e. The van der Waals surface area contributed by atoms with Gasteiger partial charge >= 0.3 is 0 Å². The van der Waals surface area contributed by atoms with Crippen LogP contribution in [-0.2, 0) is 0 Å². The summed E-state index contributed by atoms with van der Waals surface area (Å²) in [7, 11) is 0. The van der Waals surface area contributed by atoms with Crippen molar-refractivity contribution in [1.29, 1.82) is 0 Å². The first-order valence-electron chi connectivity index (χ1n) is 10.9. The van der Waals surface area contributed by atoms with E-state index >= 15 is 0 Å². The Hall–Kier alpha value is -3.85. The van der Waals surface area contributed by atoms with Crippen LogP contribution in [0, 0.1) is 27.7 Å². The Bertz CT molecular complexity index is 1720. The summed E-state index contributed by atoms with van der Waals surface area (Å²) in [6.07, 6.45) is 0. The van der Waals surface area contributed by atoms with Crippen LogP contribution in [0.25, 0.3) is 49.4 Å². The summed E-state index contributed by atoms with van der Waals surface area (Å²) in [6, 6.07) is 22.4. The summed E-state index contributed by atoms with van der Waals surface area (Å²) < 4.78 is 8.50. The molecule has 0 unspecified atom stereocenters. The third-order valence-electron chi connectivity index (χ3n) is 6.45. The molecule has 0 aliphatic heterocycles. The number of para-hydroxylation sites is 1. The van der Waals surface area contributed by atoms with Gasteiger partial charge in [-0.1, -0.05) is 35.4 Å². The molecule has 2 aromatic heterocycles. The van der Waals surface area contributed by atoms with E-state index < -0.39 is 0 Å². The topological polar surface area (TPSA) is 35.1 Å². The molecule has 0 aliphatic rings. The molecule has 3 nitrogen and oxygen atoms in total. The van der Waals surface area contributed by atoms with Gasteiger partial charge in [0.2, 0.25) is 5.43 Å². The molecular formula is C29H23NO2. The normalized spacial score (nSPS) is 11.9. The van der Waals surface area contributed by atoms with E-state index in [4.69, 9.17) is 4.42 Å². The molecule has 0 fully saturated rings. The average molecular weight is 418 g/mol. The Labute approximate surface area is 185 Å². The number of hydrogen-bond acceptors (Lipinski definition) is 2. The molecular weight excluding hydrogens is 394 g/mol. The van der Waals surface area contributed by atoms with E-state index in [0.717, 1.165) is 5.69 Å². The van der Waals surface area contributed by atoms with Crippen LogP contribution in [0.2, 0.25) is 0 Å². The Morgan fingerprint density at radius 1 is 0.625 bits per heavy atom. The van der Waals surface area contributed by atoms with Crippen LogP contribution in [0.1, 0.15) is 22.3 Å². The zero-order valence-corrected chi connectivity index (χ0v) is 18.6. The van der Waals surface area contributed by atoms with Gasteiger partial charge in [0, 0.05) is 22.5 Å². The molecule has 4 aromatic carbocycles. The van der Waals surface area contributed by atoms with Gasteiger partial charge in [0.05, 0.1) is 21.8 Å². The van der Waals surface area contributed by atoms with Crippen molar-refractivity contribution in [2.45, 2.75) is 27.7 Å². The molecule has 0 spiro atoms. The highest BCUT2D eigenvalue weighted by atomic mass is 16.3. The molecule has 0 bridgehead atoms. The quantitative estimate of drug-likeness (QED) is 0.264. The van der Waals surface area contributed by atoms with Crippen LogP contribution < -0.4 is 5.43 Å². The largest absolute Gasteiger partial charge is 0.456 e. The fourth-order valence-electron chi connectivity index (χ4n) is 5.22. The molecule has 0 N–H and O–H groups in total. The second-order valence-electron chi connectivity index (χ2n) is 8.90. The van der Waals surface area contributed by atoms with E-state index in [1.807, 2.05) is 42.5 Å². The van der Waals surface area contributed by atoms with Gasteiger partial charge in [-0.3, -0.25) is 4.79 Å². The lowest BCUT2D eigenvalue weighted by Gasteiger charge is -2.12. The first-order chi connectivity index (χ1) is 15.4. The van der Waals surface area contributed by atoms with E-state index in [0.29, 0.717) is 21.9 Å². The van der Waals surface area contributed by atoms with Gasteiger partial charge in [0.15, 0.2) is 0 Å². The van der Waals surface area contributed by atoms with Crippen molar-refractivity contribution in [2.75, 3.05) is 0 Å². The van der Waals surface area contributed by atoms with Gasteiger partial charge in [-0.15, -0.1) is 0 Å². The van der Waals surface area contributed by atoms with Gasteiger partial charge < -0.3 is 8.98 Å². The predicted octanol–water partition coefficient (Wildman–Crippen LogP) is 7.28. The number of fused-ring (bicyclic) bond motifs is 5. The lowest BCUT2D eigenvalue weighted by molar-refractivity contribution is 0.659. The van der Waals surface area contributed by atoms with Crippen LogP contribution in [-0.4, -0.2) is 4.57 Å². The maximum Gasteiger partial charge on any atom is 0.200 e. The molecule has 0 amide bonds. The number of benzene rings is 4. The van der Waals surface area contributed by atoms with Gasteiger partial charge in [-0.25, -0.2) is 0 Å². The van der Waals surface area contributed by atoms with Crippen molar-refractivity contribution in [3.05, 3.63) is 99.2 Å². The van der Waals surface area contributed by atoms with Crippen LogP contribution in [0.3, 0.4) is 0 Å². The fraction of sp³-hybridized carbons (Fsp3) is 0.138. The Morgan fingerprint density at radius 3 is 1.88 bits per heavy atom. The highest BCUT2D eigenvalue weighted by Crippen LogP contribution is 2.37. The molecule has 3 heteroatoms. The minimum absolute atomic E-state index is 0.00855. The lowest BCUT2D eigenvalue weighted by atomic mass is 10.0. The molecule has 2 heterocycles. The summed E-state index contributed by atoms with van der Waals surface area (Å²) in [6.45, 7) is 8.63. The van der Waals surface area contributed by atoms with Gasteiger partial charge in [-0.05, 0) is 75.2 Å². The Morgan fingerprint density at radius 2 is 1.22 bits per heavy atom. The van der Waals surface area contributed by atoms with Crippen molar-refractivity contribution in [3.8, 4) is 5.69 Å². The van der Waals surface area contributed by atoms with Crippen molar-refractivity contribution in [3.63, 3.8) is 0 Å². The summed E-state index contributed by atoms with van der Waals surface area (Å²) >= 11 is 0. The second-order valence-corrected chi connectivity index (χ2v) is 8.90. The molecule has 156 valence electrons. The number of rotatable bonds is 1. The van der Waals surface area contributed by atoms with E-state index in [2.05, 4.69) is 56.5 Å². The molecule has 6 aromatic rings. The van der Waals surface area contributed by atoms with Gasteiger partial charge in [-0.2, -0.15) is 0 Å². The Balaban J connectivity index is 1.78. The summed E-state index contributed by atoms with van der Waals surface area (Å²) in [5.74, 6) is 0. The number of nitrogens with zero attached hydrogens (tertiary/aromatic N) is 1. The number of aromatic nitrogens is 1. The molecule has 0 saturated heterocycles. The standard InChI is InChI=1S/C29H23NO2/c1-16-11-18(3)27-23(13-16)24-14-17(2)12-19(4)28(24)30(27)20-9-10-22-26(15-20)32-25-8-6-5-7-21(25)29(22)31/h5-15H,1-4H3. The summed E-state index contributed by atoms with van der Waals surface area (Å²) in [4.78, 5) is 13.0. The molecule has 32 heavy (non-hydrogen) atoms. The lowest BCUT2D eigenvalue weighted by Crippen LogP contribution is -2.03. The van der Waals surface area contributed by atoms with Crippen LogP contribution in [0.15, 0.2) is 75.9 Å². The van der Waals surface area contributed by atoms with E-state index in [9.17, 15) is 4.79 Å². The highest BCUT2D eigenvalue weighted by molar-refractivity contribution is 6.12. The molecule has 6 rings (SSSR count). The predicted molar refractivity (Wildman–Crippen MR) is 133 cm³/mol. The Kier molecular flexibility index (Phi) is 3.88. The second kappa shape index (κ2) is 6.57.